The lowest BCUT2D eigenvalue weighted by Crippen LogP contribution is -2.10. The van der Waals surface area contributed by atoms with Crippen LogP contribution < -0.4 is 4.90 Å². The van der Waals surface area contributed by atoms with Crippen molar-refractivity contribution in [2.45, 2.75) is 0 Å². The standard InChI is InChI=1S/C54H37N/c1-4-12-38(13-5-1)39-26-30-47(31-27-39)55(49-34-35-50(41-14-6-2-7-15-41)52(37-49)42-16-8-3-9-17-42)48-32-28-40(29-33-48)46-25-22-44-21-24-45-23-20-43-18-10-11-19-51(43)54(45)53(44)36-46/h1-37H. The van der Waals surface area contributed by atoms with Gasteiger partial charge in [0.05, 0.1) is 0 Å². The summed E-state index contributed by atoms with van der Waals surface area (Å²) < 4.78 is 0. The molecule has 0 aliphatic carbocycles. The first kappa shape index (κ1) is 32.4. The summed E-state index contributed by atoms with van der Waals surface area (Å²) in [5.41, 5.74) is 12.9. The summed E-state index contributed by atoms with van der Waals surface area (Å²) in [5.74, 6) is 0. The Morgan fingerprint density at radius 2 is 0.673 bits per heavy atom. The highest BCUT2D eigenvalue weighted by Gasteiger charge is 2.17. The van der Waals surface area contributed by atoms with Crippen LogP contribution in [0.4, 0.5) is 17.1 Å². The maximum absolute atomic E-state index is 2.37. The van der Waals surface area contributed by atoms with Gasteiger partial charge in [-0.15, -0.1) is 0 Å². The molecule has 258 valence electrons. The van der Waals surface area contributed by atoms with Crippen molar-refractivity contribution >= 4 is 49.4 Å². The molecule has 0 unspecified atom stereocenters. The summed E-state index contributed by atoms with van der Waals surface area (Å²) in [7, 11) is 0. The molecule has 0 saturated heterocycles. The first-order chi connectivity index (χ1) is 27.3. The minimum absolute atomic E-state index is 1.10. The van der Waals surface area contributed by atoms with Crippen LogP contribution in [-0.2, 0) is 0 Å². The fraction of sp³-hybridized carbons (Fsp3) is 0. The maximum Gasteiger partial charge on any atom is 0.0468 e. The number of hydrogen-bond acceptors (Lipinski definition) is 1. The quantitative estimate of drug-likeness (QED) is 0.150. The number of hydrogen-bond donors (Lipinski definition) is 0. The second kappa shape index (κ2) is 14.0. The minimum atomic E-state index is 1.10. The van der Waals surface area contributed by atoms with E-state index in [2.05, 4.69) is 229 Å². The summed E-state index contributed by atoms with van der Waals surface area (Å²) in [6.45, 7) is 0. The number of anilines is 3. The summed E-state index contributed by atoms with van der Waals surface area (Å²) in [6.07, 6.45) is 0. The average molecular weight is 700 g/mol. The van der Waals surface area contributed by atoms with E-state index in [4.69, 9.17) is 0 Å². The molecule has 0 aliphatic rings. The molecule has 10 rings (SSSR count). The molecule has 10 aromatic carbocycles. The van der Waals surface area contributed by atoms with Gasteiger partial charge in [0.2, 0.25) is 0 Å². The predicted octanol–water partition coefficient (Wildman–Crippen LogP) is 15.3. The summed E-state index contributed by atoms with van der Waals surface area (Å²) in [5, 5.41) is 7.67. The molecule has 0 atom stereocenters. The van der Waals surface area contributed by atoms with Crippen LogP contribution in [0.15, 0.2) is 224 Å². The number of benzene rings is 10. The Hall–Kier alpha value is -7.22. The van der Waals surface area contributed by atoms with E-state index in [9.17, 15) is 0 Å². The smallest absolute Gasteiger partial charge is 0.0468 e. The van der Waals surface area contributed by atoms with Crippen molar-refractivity contribution in [2.75, 3.05) is 4.90 Å². The predicted molar refractivity (Wildman–Crippen MR) is 235 cm³/mol. The van der Waals surface area contributed by atoms with Crippen molar-refractivity contribution in [3.8, 4) is 44.5 Å². The van der Waals surface area contributed by atoms with Crippen LogP contribution in [0, 0.1) is 0 Å². The maximum atomic E-state index is 2.37. The van der Waals surface area contributed by atoms with E-state index >= 15 is 0 Å². The summed E-state index contributed by atoms with van der Waals surface area (Å²) in [6, 6.07) is 81.4. The fourth-order valence-corrected chi connectivity index (χ4v) is 8.09. The first-order valence-corrected chi connectivity index (χ1v) is 18.9. The van der Waals surface area contributed by atoms with Gasteiger partial charge >= 0.3 is 0 Å². The Morgan fingerprint density at radius 1 is 0.236 bits per heavy atom. The highest BCUT2D eigenvalue weighted by Crippen LogP contribution is 2.42. The van der Waals surface area contributed by atoms with Crippen molar-refractivity contribution in [3.05, 3.63) is 224 Å². The molecule has 0 saturated carbocycles. The molecule has 0 aromatic heterocycles. The van der Waals surface area contributed by atoms with Gasteiger partial charge in [-0.3, -0.25) is 0 Å². The second-order valence-corrected chi connectivity index (χ2v) is 14.1. The Labute approximate surface area is 322 Å². The number of rotatable bonds is 7. The van der Waals surface area contributed by atoms with Gasteiger partial charge in [0, 0.05) is 17.1 Å². The highest BCUT2D eigenvalue weighted by molar-refractivity contribution is 6.20. The Bertz CT molecular complexity index is 2930. The fourth-order valence-electron chi connectivity index (χ4n) is 8.09. The molecule has 0 spiro atoms. The Balaban J connectivity index is 1.10. The molecule has 1 nitrogen and oxygen atoms in total. The van der Waals surface area contributed by atoms with E-state index < -0.39 is 0 Å². The van der Waals surface area contributed by atoms with Crippen LogP contribution in [0.1, 0.15) is 0 Å². The van der Waals surface area contributed by atoms with Crippen LogP contribution in [0.5, 0.6) is 0 Å². The SMILES string of the molecule is c1ccc(-c2ccc(N(c3ccc(-c4ccc5ccc6ccc7ccccc7c6c5c4)cc3)c3ccc(-c4ccccc4)c(-c4ccccc4)c3)cc2)cc1. The average Bonchev–Trinajstić information content (AvgIpc) is 3.27. The highest BCUT2D eigenvalue weighted by atomic mass is 15.1. The van der Waals surface area contributed by atoms with Crippen LogP contribution >= 0.6 is 0 Å². The molecule has 0 bridgehead atoms. The molecule has 10 aromatic rings. The van der Waals surface area contributed by atoms with E-state index in [1.807, 2.05) is 0 Å². The molecule has 0 radical (unpaired) electrons. The normalized spacial score (nSPS) is 11.3. The zero-order valence-electron chi connectivity index (χ0n) is 30.3. The van der Waals surface area contributed by atoms with Gasteiger partial charge in [-0.1, -0.05) is 182 Å². The van der Waals surface area contributed by atoms with E-state index in [0.717, 1.165) is 17.1 Å². The van der Waals surface area contributed by atoms with Gasteiger partial charge in [-0.25, -0.2) is 0 Å². The molecule has 0 amide bonds. The minimum Gasteiger partial charge on any atom is -0.310 e. The topological polar surface area (TPSA) is 3.24 Å². The van der Waals surface area contributed by atoms with Gasteiger partial charge < -0.3 is 4.90 Å². The zero-order valence-corrected chi connectivity index (χ0v) is 30.3. The van der Waals surface area contributed by atoms with Crippen molar-refractivity contribution in [3.63, 3.8) is 0 Å². The van der Waals surface area contributed by atoms with E-state index in [1.165, 1.54) is 76.8 Å². The van der Waals surface area contributed by atoms with Gasteiger partial charge in [-0.05, 0) is 119 Å². The number of fused-ring (bicyclic) bond motifs is 5. The van der Waals surface area contributed by atoms with Crippen molar-refractivity contribution in [1.82, 2.24) is 0 Å². The lowest BCUT2D eigenvalue weighted by atomic mass is 9.93. The third kappa shape index (κ3) is 6.12. The van der Waals surface area contributed by atoms with Crippen molar-refractivity contribution in [1.29, 1.82) is 0 Å². The van der Waals surface area contributed by atoms with Crippen LogP contribution in [0.3, 0.4) is 0 Å². The largest absolute Gasteiger partial charge is 0.310 e. The lowest BCUT2D eigenvalue weighted by molar-refractivity contribution is 1.28. The van der Waals surface area contributed by atoms with Crippen LogP contribution in [0.2, 0.25) is 0 Å². The lowest BCUT2D eigenvalue weighted by Gasteiger charge is -2.27. The van der Waals surface area contributed by atoms with Crippen LogP contribution in [-0.4, -0.2) is 0 Å². The molecule has 0 heterocycles. The van der Waals surface area contributed by atoms with Gasteiger partial charge in [0.1, 0.15) is 0 Å². The molecule has 0 aliphatic heterocycles. The molecular weight excluding hydrogens is 663 g/mol. The third-order valence-electron chi connectivity index (χ3n) is 10.8. The Morgan fingerprint density at radius 3 is 1.31 bits per heavy atom. The van der Waals surface area contributed by atoms with E-state index in [1.54, 1.807) is 0 Å². The zero-order chi connectivity index (χ0) is 36.6. The molecule has 1 heteroatoms. The molecule has 0 N–H and O–H groups in total. The van der Waals surface area contributed by atoms with Gasteiger partial charge in [0.15, 0.2) is 0 Å². The Kier molecular flexibility index (Phi) is 8.24. The summed E-state index contributed by atoms with van der Waals surface area (Å²) >= 11 is 0. The summed E-state index contributed by atoms with van der Waals surface area (Å²) in [4.78, 5) is 2.37. The van der Waals surface area contributed by atoms with Gasteiger partial charge in [0.25, 0.3) is 0 Å². The molecule has 55 heavy (non-hydrogen) atoms. The van der Waals surface area contributed by atoms with Gasteiger partial charge in [-0.2, -0.15) is 0 Å². The van der Waals surface area contributed by atoms with Crippen LogP contribution in [0.25, 0.3) is 76.8 Å². The first-order valence-electron chi connectivity index (χ1n) is 18.9. The van der Waals surface area contributed by atoms with E-state index in [-0.39, 0.29) is 0 Å². The van der Waals surface area contributed by atoms with E-state index in [0.29, 0.717) is 0 Å². The second-order valence-electron chi connectivity index (χ2n) is 14.1. The molecular formula is C54H37N. The van der Waals surface area contributed by atoms with Crippen molar-refractivity contribution < 1.29 is 0 Å². The molecule has 0 fully saturated rings. The van der Waals surface area contributed by atoms with Crippen molar-refractivity contribution in [2.24, 2.45) is 0 Å². The number of nitrogens with zero attached hydrogens (tertiary/aromatic N) is 1. The monoisotopic (exact) mass is 699 g/mol. The third-order valence-corrected chi connectivity index (χ3v) is 10.8.